The highest BCUT2D eigenvalue weighted by Gasteiger charge is 2.37. The van der Waals surface area contributed by atoms with Crippen molar-refractivity contribution in [3.8, 4) is 0 Å². The van der Waals surface area contributed by atoms with Crippen LogP contribution in [0.3, 0.4) is 0 Å². The molecule has 0 aliphatic heterocycles. The summed E-state index contributed by atoms with van der Waals surface area (Å²) >= 11 is 6.62. The van der Waals surface area contributed by atoms with Crippen molar-refractivity contribution in [2.45, 2.75) is 31.6 Å². The van der Waals surface area contributed by atoms with E-state index >= 15 is 0 Å². The van der Waals surface area contributed by atoms with Gasteiger partial charge in [0.1, 0.15) is 0 Å². The van der Waals surface area contributed by atoms with Crippen LogP contribution in [0.25, 0.3) is 0 Å². The van der Waals surface area contributed by atoms with Gasteiger partial charge < -0.3 is 11.1 Å². The van der Waals surface area contributed by atoms with Crippen molar-refractivity contribution in [2.75, 3.05) is 11.1 Å². The third-order valence-electron chi connectivity index (χ3n) is 3.42. The molecule has 3 nitrogen and oxygen atoms in total. The Kier molecular flexibility index (Phi) is 4.69. The average Bonchev–Trinajstić information content (AvgIpc) is 2.33. The predicted octanol–water partition coefficient (Wildman–Crippen LogP) is 4.56. The zero-order chi connectivity index (χ0) is 14.9. The Labute approximate surface area is 132 Å². The first kappa shape index (κ1) is 15.7. The van der Waals surface area contributed by atoms with Crippen LogP contribution >= 0.6 is 31.9 Å². The van der Waals surface area contributed by atoms with E-state index in [9.17, 15) is 13.6 Å². The lowest BCUT2D eigenvalue weighted by Crippen LogP contribution is -2.32. The van der Waals surface area contributed by atoms with Crippen molar-refractivity contribution in [2.24, 2.45) is 5.92 Å². The molecule has 0 aromatic heterocycles. The second-order valence-electron chi connectivity index (χ2n) is 4.97. The van der Waals surface area contributed by atoms with Crippen molar-refractivity contribution < 1.29 is 13.6 Å². The van der Waals surface area contributed by atoms with Gasteiger partial charge in [-0.2, -0.15) is 0 Å². The number of nitrogens with two attached hydrogens (primary N) is 1. The van der Waals surface area contributed by atoms with Crippen LogP contribution in [-0.4, -0.2) is 11.8 Å². The van der Waals surface area contributed by atoms with Crippen molar-refractivity contribution in [1.29, 1.82) is 0 Å². The van der Waals surface area contributed by atoms with Gasteiger partial charge in [0.25, 0.3) is 0 Å². The number of anilines is 2. The SMILES string of the molecule is Nc1cc(Br)cc(Br)c1NC(=O)C1CCC(F)(F)CC1. The van der Waals surface area contributed by atoms with Gasteiger partial charge in [-0.05, 0) is 40.9 Å². The molecule has 1 aromatic carbocycles. The molecule has 1 amide bonds. The third kappa shape index (κ3) is 3.69. The Bertz CT molecular complexity index is 504. The molecule has 0 unspecified atom stereocenters. The van der Waals surface area contributed by atoms with Gasteiger partial charge in [-0.25, -0.2) is 8.78 Å². The summed E-state index contributed by atoms with van der Waals surface area (Å²) in [6, 6.07) is 3.44. The standard InChI is InChI=1S/C13H14Br2F2N2O/c14-8-5-9(15)11(10(18)6-8)19-12(20)7-1-3-13(16,17)4-2-7/h5-7H,1-4,18H2,(H,19,20). The highest BCUT2D eigenvalue weighted by Crippen LogP contribution is 2.38. The van der Waals surface area contributed by atoms with Gasteiger partial charge in [0.15, 0.2) is 0 Å². The molecule has 2 rings (SSSR count). The third-order valence-corrected chi connectivity index (χ3v) is 4.50. The van der Waals surface area contributed by atoms with Crippen LogP contribution in [-0.2, 0) is 4.79 Å². The van der Waals surface area contributed by atoms with Crippen molar-refractivity contribution in [3.05, 3.63) is 21.1 Å². The summed E-state index contributed by atoms with van der Waals surface area (Å²) in [7, 11) is 0. The lowest BCUT2D eigenvalue weighted by atomic mass is 9.86. The Morgan fingerprint density at radius 3 is 2.45 bits per heavy atom. The van der Waals surface area contributed by atoms with E-state index in [0.717, 1.165) is 4.47 Å². The number of benzene rings is 1. The summed E-state index contributed by atoms with van der Waals surface area (Å²) in [5.74, 6) is -3.27. The van der Waals surface area contributed by atoms with Crippen LogP contribution in [0.1, 0.15) is 25.7 Å². The first-order valence-electron chi connectivity index (χ1n) is 6.22. The normalized spacial score (nSPS) is 18.8. The molecule has 0 saturated heterocycles. The maximum Gasteiger partial charge on any atom is 0.248 e. The number of halogens is 4. The fourth-order valence-electron chi connectivity index (χ4n) is 2.25. The quantitative estimate of drug-likeness (QED) is 0.701. The van der Waals surface area contributed by atoms with Gasteiger partial charge >= 0.3 is 0 Å². The Hall–Kier alpha value is -0.690. The number of carbonyl (C=O) groups is 1. The molecule has 3 N–H and O–H groups in total. The molecule has 1 fully saturated rings. The average molecular weight is 412 g/mol. The smallest absolute Gasteiger partial charge is 0.248 e. The largest absolute Gasteiger partial charge is 0.397 e. The molecule has 1 saturated carbocycles. The number of nitrogens with one attached hydrogen (secondary N) is 1. The summed E-state index contributed by atoms with van der Waals surface area (Å²) in [5.41, 5.74) is 6.75. The van der Waals surface area contributed by atoms with Crippen LogP contribution in [0.15, 0.2) is 21.1 Å². The summed E-state index contributed by atoms with van der Waals surface area (Å²) in [6.45, 7) is 0. The summed E-state index contributed by atoms with van der Waals surface area (Å²) in [4.78, 5) is 12.1. The fraction of sp³-hybridized carbons (Fsp3) is 0.462. The number of rotatable bonds is 2. The Balaban J connectivity index is 2.06. The number of amides is 1. The molecular formula is C13H14Br2F2N2O. The van der Waals surface area contributed by atoms with Crippen LogP contribution in [0.4, 0.5) is 20.2 Å². The minimum Gasteiger partial charge on any atom is -0.397 e. The maximum absolute atomic E-state index is 13.1. The van der Waals surface area contributed by atoms with E-state index in [1.807, 2.05) is 0 Å². The minimum atomic E-state index is -2.63. The molecule has 0 heterocycles. The van der Waals surface area contributed by atoms with E-state index in [-0.39, 0.29) is 37.5 Å². The van der Waals surface area contributed by atoms with Gasteiger partial charge in [-0.15, -0.1) is 0 Å². The Morgan fingerprint density at radius 2 is 1.90 bits per heavy atom. The molecule has 0 spiro atoms. The van der Waals surface area contributed by atoms with Crippen molar-refractivity contribution in [1.82, 2.24) is 0 Å². The van der Waals surface area contributed by atoms with E-state index in [4.69, 9.17) is 5.73 Å². The molecular weight excluding hydrogens is 398 g/mol. The molecule has 1 aliphatic rings. The van der Waals surface area contributed by atoms with Crippen LogP contribution < -0.4 is 11.1 Å². The Morgan fingerprint density at radius 1 is 1.30 bits per heavy atom. The lowest BCUT2D eigenvalue weighted by Gasteiger charge is -2.27. The van der Waals surface area contributed by atoms with Crippen LogP contribution in [0.5, 0.6) is 0 Å². The summed E-state index contributed by atoms with van der Waals surface area (Å²) in [5, 5.41) is 2.73. The number of hydrogen-bond donors (Lipinski definition) is 2. The second-order valence-corrected chi connectivity index (χ2v) is 6.74. The zero-order valence-electron chi connectivity index (χ0n) is 10.6. The molecule has 0 atom stereocenters. The monoisotopic (exact) mass is 410 g/mol. The highest BCUT2D eigenvalue weighted by molar-refractivity contribution is 9.11. The molecule has 7 heteroatoms. The molecule has 1 aliphatic carbocycles. The first-order chi connectivity index (χ1) is 9.28. The molecule has 110 valence electrons. The van der Waals surface area contributed by atoms with E-state index in [1.165, 1.54) is 0 Å². The molecule has 0 radical (unpaired) electrons. The maximum atomic E-state index is 13.1. The van der Waals surface area contributed by atoms with Gasteiger partial charge in [-0.3, -0.25) is 4.79 Å². The molecule has 20 heavy (non-hydrogen) atoms. The second kappa shape index (κ2) is 5.97. The number of alkyl halides is 2. The number of hydrogen-bond acceptors (Lipinski definition) is 2. The number of nitrogen functional groups attached to an aromatic ring is 1. The van der Waals surface area contributed by atoms with E-state index in [0.29, 0.717) is 15.8 Å². The van der Waals surface area contributed by atoms with Gasteiger partial charge in [0, 0.05) is 27.7 Å². The van der Waals surface area contributed by atoms with Crippen LogP contribution in [0, 0.1) is 5.92 Å². The topological polar surface area (TPSA) is 55.1 Å². The minimum absolute atomic E-state index is 0.201. The highest BCUT2D eigenvalue weighted by atomic mass is 79.9. The molecule has 1 aromatic rings. The first-order valence-corrected chi connectivity index (χ1v) is 7.80. The predicted molar refractivity (Wildman–Crippen MR) is 81.8 cm³/mol. The molecule has 0 bridgehead atoms. The van der Waals surface area contributed by atoms with Crippen LogP contribution in [0.2, 0.25) is 0 Å². The summed E-state index contributed by atoms with van der Waals surface area (Å²) < 4.78 is 27.6. The van der Waals surface area contributed by atoms with E-state index in [2.05, 4.69) is 37.2 Å². The van der Waals surface area contributed by atoms with Crippen molar-refractivity contribution >= 4 is 49.1 Å². The number of carbonyl (C=O) groups excluding carboxylic acids is 1. The van der Waals surface area contributed by atoms with Crippen molar-refractivity contribution in [3.63, 3.8) is 0 Å². The zero-order valence-corrected chi connectivity index (χ0v) is 13.7. The summed E-state index contributed by atoms with van der Waals surface area (Å²) in [6.07, 6.45) is -0.0656. The van der Waals surface area contributed by atoms with E-state index < -0.39 is 5.92 Å². The van der Waals surface area contributed by atoms with Gasteiger partial charge in [0.2, 0.25) is 11.8 Å². The lowest BCUT2D eigenvalue weighted by molar-refractivity contribution is -0.124. The van der Waals surface area contributed by atoms with E-state index in [1.54, 1.807) is 12.1 Å². The van der Waals surface area contributed by atoms with Gasteiger partial charge in [-0.1, -0.05) is 15.9 Å². The fourth-order valence-corrected chi connectivity index (χ4v) is 3.61. The van der Waals surface area contributed by atoms with Gasteiger partial charge in [0.05, 0.1) is 11.4 Å².